The summed E-state index contributed by atoms with van der Waals surface area (Å²) in [6.07, 6.45) is 10.6. The molecule has 1 aliphatic heterocycles. The third-order valence-corrected chi connectivity index (χ3v) is 12.3. The summed E-state index contributed by atoms with van der Waals surface area (Å²) in [5, 5.41) is 22.9. The highest BCUT2D eigenvalue weighted by Gasteiger charge is 2.24. The number of ether oxygens (including phenoxy) is 2. The highest BCUT2D eigenvalue weighted by molar-refractivity contribution is 6.05. The first-order valence-corrected chi connectivity index (χ1v) is 23.2. The minimum absolute atomic E-state index is 0.00757. The first-order chi connectivity index (χ1) is 33.6. The number of hydrogen-bond donors (Lipinski definition) is 6. The molecule has 7 rings (SSSR count). The number of aromatic nitrogens is 8. The molecule has 70 heavy (non-hydrogen) atoms. The molecule has 0 radical (unpaired) electrons. The van der Waals surface area contributed by atoms with E-state index < -0.39 is 23.6 Å². The summed E-state index contributed by atoms with van der Waals surface area (Å²) in [6.45, 7) is 11.8. The Hall–Kier alpha value is -8.01. The lowest BCUT2D eigenvalue weighted by Crippen LogP contribution is -2.39. The highest BCUT2D eigenvalue weighted by Crippen LogP contribution is 2.33. The summed E-state index contributed by atoms with van der Waals surface area (Å²) in [5.41, 5.74) is 21.4. The number of rotatable bonds is 21. The number of carbonyl (C=O) groups excluding carboxylic acids is 4. The van der Waals surface area contributed by atoms with Gasteiger partial charge in [0.05, 0.1) is 29.5 Å². The van der Waals surface area contributed by atoms with E-state index in [1.54, 1.807) is 44.5 Å². The molecule has 370 valence electrons. The maximum absolute atomic E-state index is 13.9. The maximum Gasteiger partial charge on any atom is 0.276 e. The number of methoxy groups -OCH3 is 1. The summed E-state index contributed by atoms with van der Waals surface area (Å²) in [4.78, 5) is 66.3. The van der Waals surface area contributed by atoms with Crippen LogP contribution in [0.5, 0.6) is 11.5 Å². The van der Waals surface area contributed by atoms with E-state index in [0.717, 1.165) is 32.4 Å². The average molecular weight is 959 g/mol. The van der Waals surface area contributed by atoms with Gasteiger partial charge in [-0.1, -0.05) is 18.2 Å². The molecule has 4 aromatic heterocycles. The lowest BCUT2D eigenvalue weighted by Gasteiger charge is -2.30. The second-order valence-corrected chi connectivity index (χ2v) is 17.2. The zero-order chi connectivity index (χ0) is 50.2. The van der Waals surface area contributed by atoms with E-state index in [1.165, 1.54) is 31.4 Å². The number of hydrogen-bond acceptors (Lipinski definition) is 12. The Balaban J connectivity index is 1.21. The number of piperidine rings is 1. The Labute approximate surface area is 404 Å². The van der Waals surface area contributed by atoms with Crippen LogP contribution in [0.25, 0.3) is 22.1 Å². The van der Waals surface area contributed by atoms with E-state index in [9.17, 15) is 19.2 Å². The number of imidazole rings is 2. The van der Waals surface area contributed by atoms with Crippen molar-refractivity contribution in [3.8, 4) is 11.5 Å². The van der Waals surface area contributed by atoms with Gasteiger partial charge < -0.3 is 45.6 Å². The van der Waals surface area contributed by atoms with Gasteiger partial charge in [0.2, 0.25) is 23.7 Å². The number of benzene rings is 2. The SMILES string of the molecule is CCn1nc(C)cc1C(=O)Nc1nc2cc(C(N)=O)cc(OC)c2n1C/C=C/Cn1c(NC(=O)c2cc(C)nn2CC)nc2cc(C(N)=O)cc(OC/C=C/CN(CCC3CCN(C)CC3)C(=N)N)c21. The van der Waals surface area contributed by atoms with Crippen LogP contribution >= 0.6 is 0 Å². The van der Waals surface area contributed by atoms with Gasteiger partial charge in [-0.3, -0.25) is 44.6 Å². The van der Waals surface area contributed by atoms with Crippen molar-refractivity contribution >= 4 is 63.6 Å². The third kappa shape index (κ3) is 11.3. The fourth-order valence-electron chi connectivity index (χ4n) is 8.59. The summed E-state index contributed by atoms with van der Waals surface area (Å²) < 4.78 is 18.7. The van der Waals surface area contributed by atoms with Crippen molar-refractivity contribution in [2.24, 2.45) is 23.1 Å². The number of carbonyl (C=O) groups is 4. The van der Waals surface area contributed by atoms with E-state index in [1.807, 2.05) is 43.1 Å². The zero-order valence-corrected chi connectivity index (χ0v) is 40.5. The van der Waals surface area contributed by atoms with Crippen molar-refractivity contribution in [2.75, 3.05) is 57.6 Å². The number of allylic oxidation sites excluding steroid dienone is 2. The van der Waals surface area contributed by atoms with Crippen molar-refractivity contribution in [2.45, 2.75) is 73.1 Å². The first kappa shape index (κ1) is 49.9. The number of primary amides is 2. The van der Waals surface area contributed by atoms with Gasteiger partial charge in [0.25, 0.3) is 11.8 Å². The Morgan fingerprint density at radius 1 is 0.757 bits per heavy atom. The largest absolute Gasteiger partial charge is 0.494 e. The van der Waals surface area contributed by atoms with Gasteiger partial charge in [-0.15, -0.1) is 0 Å². The van der Waals surface area contributed by atoms with E-state index in [4.69, 9.17) is 42.1 Å². The van der Waals surface area contributed by atoms with Gasteiger partial charge in [0.1, 0.15) is 40.5 Å². The zero-order valence-electron chi connectivity index (χ0n) is 40.5. The number of amides is 4. The number of aryl methyl sites for hydroxylation is 4. The predicted molar refractivity (Wildman–Crippen MR) is 266 cm³/mol. The molecule has 0 bridgehead atoms. The quantitative estimate of drug-likeness (QED) is 0.0334. The van der Waals surface area contributed by atoms with Crippen molar-refractivity contribution < 1.29 is 28.7 Å². The van der Waals surface area contributed by atoms with Crippen LogP contribution in [0.1, 0.15) is 86.2 Å². The van der Waals surface area contributed by atoms with Crippen LogP contribution in [0.4, 0.5) is 11.9 Å². The molecule has 0 spiro atoms. The summed E-state index contributed by atoms with van der Waals surface area (Å²) in [7, 11) is 3.59. The van der Waals surface area contributed by atoms with E-state index in [-0.39, 0.29) is 54.4 Å². The monoisotopic (exact) mass is 959 g/mol. The topological polar surface area (TPSA) is 290 Å². The molecule has 1 fully saturated rings. The summed E-state index contributed by atoms with van der Waals surface area (Å²) >= 11 is 0. The Bertz CT molecular complexity index is 2990. The predicted octanol–water partition coefficient (Wildman–Crippen LogP) is 4.27. The van der Waals surface area contributed by atoms with Gasteiger partial charge in [-0.25, -0.2) is 9.97 Å². The first-order valence-electron chi connectivity index (χ1n) is 23.2. The van der Waals surface area contributed by atoms with Crippen LogP contribution < -0.4 is 37.3 Å². The van der Waals surface area contributed by atoms with Crippen molar-refractivity contribution in [3.05, 3.63) is 94.6 Å². The molecule has 0 atom stereocenters. The van der Waals surface area contributed by atoms with Crippen LogP contribution in [0.15, 0.2) is 60.7 Å². The molecule has 1 aliphatic rings. The van der Waals surface area contributed by atoms with Crippen molar-refractivity contribution in [1.82, 2.24) is 48.5 Å². The van der Waals surface area contributed by atoms with E-state index in [2.05, 4.69) is 32.8 Å². The van der Waals surface area contributed by atoms with Crippen LogP contribution in [0, 0.1) is 25.2 Å². The van der Waals surface area contributed by atoms with Gasteiger partial charge in [0.15, 0.2) is 5.96 Å². The normalized spacial score (nSPS) is 13.5. The van der Waals surface area contributed by atoms with Crippen LogP contribution in [0.2, 0.25) is 0 Å². The van der Waals surface area contributed by atoms with Crippen LogP contribution in [-0.4, -0.2) is 125 Å². The van der Waals surface area contributed by atoms with Crippen molar-refractivity contribution in [3.63, 3.8) is 0 Å². The Morgan fingerprint density at radius 2 is 1.26 bits per heavy atom. The number of likely N-dealkylation sites (tertiary alicyclic amines) is 1. The molecular weight excluding hydrogens is 897 g/mol. The lowest BCUT2D eigenvalue weighted by atomic mass is 9.93. The molecule has 9 N–H and O–H groups in total. The summed E-state index contributed by atoms with van der Waals surface area (Å²) in [5.74, 6) is -0.802. The van der Waals surface area contributed by atoms with Crippen LogP contribution in [0.3, 0.4) is 0 Å². The fourth-order valence-corrected chi connectivity index (χ4v) is 8.59. The van der Waals surface area contributed by atoms with E-state index >= 15 is 0 Å². The maximum atomic E-state index is 13.9. The standard InChI is InChI=1S/C48H62N16O6/c1-7-63-36(23-29(3)57-63)44(67)55-47-53-34-25-32(42(49)65)27-38(69-6)40(34)61(47)17-9-10-18-62-41-35(54-48(62)56-45(68)37-24-30(4)58-64(37)8-2)26-33(43(50)66)28-39(41)70-22-12-11-16-60(46(51)52)21-15-31-13-19-59(5)20-14-31/h9-12,23-28,31H,7-8,13-22H2,1-6H3,(H2,49,65)(H2,50,66)(H3,51,52)(H,53,55,67)(H,54,56,68)/b10-9+,12-11+. The second kappa shape index (κ2) is 22.0. The average Bonchev–Trinajstić information content (AvgIpc) is 4.10. The molecule has 5 heterocycles. The number of nitrogens with zero attached hydrogens (tertiary/aromatic N) is 10. The second-order valence-electron chi connectivity index (χ2n) is 17.2. The highest BCUT2D eigenvalue weighted by atomic mass is 16.5. The van der Waals surface area contributed by atoms with Crippen LogP contribution in [-0.2, 0) is 26.2 Å². The smallest absolute Gasteiger partial charge is 0.276 e. The number of guanidine groups is 1. The minimum atomic E-state index is -0.700. The Morgan fingerprint density at radius 3 is 1.73 bits per heavy atom. The van der Waals surface area contributed by atoms with Gasteiger partial charge in [-0.2, -0.15) is 10.2 Å². The lowest BCUT2D eigenvalue weighted by molar-refractivity contribution is 0.0991. The number of nitrogens with two attached hydrogens (primary N) is 3. The van der Waals surface area contributed by atoms with E-state index in [0.29, 0.717) is 82.7 Å². The molecule has 2 aromatic carbocycles. The molecule has 4 amide bonds. The molecule has 22 nitrogen and oxygen atoms in total. The molecular formula is C48H62N16O6. The number of anilines is 2. The molecule has 0 aliphatic carbocycles. The van der Waals surface area contributed by atoms with Gasteiger partial charge in [-0.05, 0) is 115 Å². The molecule has 22 heteroatoms. The Kier molecular flexibility index (Phi) is 15.6. The molecule has 6 aromatic rings. The van der Waals surface area contributed by atoms with Gasteiger partial charge >= 0.3 is 0 Å². The minimum Gasteiger partial charge on any atom is -0.494 e. The third-order valence-electron chi connectivity index (χ3n) is 12.3. The number of nitrogens with one attached hydrogen (secondary N) is 3. The molecule has 0 saturated carbocycles. The molecule has 1 saturated heterocycles. The summed E-state index contributed by atoms with van der Waals surface area (Å²) in [6, 6.07) is 9.49. The van der Waals surface area contributed by atoms with Gasteiger partial charge in [0, 0.05) is 50.4 Å². The molecule has 0 unspecified atom stereocenters. The number of fused-ring (bicyclic) bond motifs is 2. The van der Waals surface area contributed by atoms with Crippen molar-refractivity contribution in [1.29, 1.82) is 5.41 Å². The fraction of sp³-hybridized carbons (Fsp3) is 0.396.